The van der Waals surface area contributed by atoms with Crippen LogP contribution in [0.5, 0.6) is 0 Å². The number of hydrogen-bond donors (Lipinski definition) is 1. The molecule has 0 bridgehead atoms. The maximum Gasteiger partial charge on any atom is 0.240 e. The van der Waals surface area contributed by atoms with Crippen molar-refractivity contribution in [3.63, 3.8) is 0 Å². The van der Waals surface area contributed by atoms with E-state index in [9.17, 15) is 9.18 Å². The molecule has 0 aliphatic carbocycles. The number of aromatic nitrogens is 2. The first-order valence-corrected chi connectivity index (χ1v) is 10.5. The quantitative estimate of drug-likeness (QED) is 0.443. The van der Waals surface area contributed by atoms with Crippen molar-refractivity contribution in [2.75, 3.05) is 0 Å². The fraction of sp³-hybridized carbons (Fsp3) is 0.200. The number of amides is 1. The van der Waals surface area contributed by atoms with Crippen LogP contribution in [-0.4, -0.2) is 15.5 Å². The van der Waals surface area contributed by atoms with Crippen LogP contribution in [0, 0.1) is 19.7 Å². The third-order valence-corrected chi connectivity index (χ3v) is 5.82. The summed E-state index contributed by atoms with van der Waals surface area (Å²) in [5.41, 5.74) is 5.87. The van der Waals surface area contributed by atoms with Gasteiger partial charge in [0.15, 0.2) is 0 Å². The highest BCUT2D eigenvalue weighted by molar-refractivity contribution is 6.31. The van der Waals surface area contributed by atoms with E-state index in [1.807, 2.05) is 34.9 Å². The van der Waals surface area contributed by atoms with E-state index in [2.05, 4.69) is 25.2 Å². The van der Waals surface area contributed by atoms with Gasteiger partial charge in [-0.3, -0.25) is 4.79 Å². The number of fused-ring (bicyclic) bond motifs is 1. The summed E-state index contributed by atoms with van der Waals surface area (Å²) in [6.07, 6.45) is 0.525. The Balaban J connectivity index is 1.62. The highest BCUT2D eigenvalue weighted by Gasteiger charge is 2.16. The number of aryl methyl sites for hydroxylation is 2. The van der Waals surface area contributed by atoms with E-state index in [4.69, 9.17) is 16.6 Å². The van der Waals surface area contributed by atoms with Crippen molar-refractivity contribution >= 4 is 28.5 Å². The van der Waals surface area contributed by atoms with Gasteiger partial charge < -0.3 is 9.88 Å². The van der Waals surface area contributed by atoms with Crippen LogP contribution in [-0.2, 0) is 24.3 Å². The summed E-state index contributed by atoms with van der Waals surface area (Å²) < 4.78 is 15.0. The molecule has 4 rings (SSSR count). The molecule has 0 fully saturated rings. The van der Waals surface area contributed by atoms with Crippen molar-refractivity contribution in [2.45, 2.75) is 33.4 Å². The molecule has 0 aliphatic heterocycles. The smallest absolute Gasteiger partial charge is 0.240 e. The van der Waals surface area contributed by atoms with E-state index in [0.29, 0.717) is 18.0 Å². The molecule has 0 spiro atoms. The summed E-state index contributed by atoms with van der Waals surface area (Å²) >= 11 is 6.37. The molecule has 3 aromatic carbocycles. The normalized spacial score (nSPS) is 11.1. The Morgan fingerprint density at radius 2 is 1.77 bits per heavy atom. The fourth-order valence-corrected chi connectivity index (χ4v) is 3.76. The molecule has 0 radical (unpaired) electrons. The van der Waals surface area contributed by atoms with Crippen molar-refractivity contribution in [3.05, 3.63) is 99.6 Å². The first kappa shape index (κ1) is 21.1. The van der Waals surface area contributed by atoms with Crippen LogP contribution in [0.15, 0.2) is 60.7 Å². The number of halogens is 2. The van der Waals surface area contributed by atoms with Gasteiger partial charge >= 0.3 is 0 Å². The van der Waals surface area contributed by atoms with E-state index in [-0.39, 0.29) is 18.3 Å². The van der Waals surface area contributed by atoms with Crippen molar-refractivity contribution in [2.24, 2.45) is 0 Å². The number of carbonyl (C=O) groups is 1. The molecule has 0 saturated carbocycles. The average Bonchev–Trinajstić information content (AvgIpc) is 3.05. The van der Waals surface area contributed by atoms with E-state index < -0.39 is 0 Å². The first-order valence-electron chi connectivity index (χ1n) is 10.1. The number of imidazole rings is 1. The molecule has 1 amide bonds. The molecular formula is C25H23ClFN3O. The van der Waals surface area contributed by atoms with Gasteiger partial charge in [-0.25, -0.2) is 9.37 Å². The van der Waals surface area contributed by atoms with Gasteiger partial charge in [-0.15, -0.1) is 0 Å². The lowest BCUT2D eigenvalue weighted by molar-refractivity contribution is -0.121. The molecule has 1 aromatic heterocycles. The molecule has 4 aromatic rings. The molecule has 1 N–H and O–H groups in total. The monoisotopic (exact) mass is 435 g/mol. The Kier molecular flexibility index (Phi) is 6.05. The predicted molar refractivity (Wildman–Crippen MR) is 122 cm³/mol. The van der Waals surface area contributed by atoms with Crippen molar-refractivity contribution in [3.8, 4) is 0 Å². The number of nitrogens with zero attached hydrogens (tertiary/aromatic N) is 2. The summed E-state index contributed by atoms with van der Waals surface area (Å²) in [6, 6.07) is 17.9. The van der Waals surface area contributed by atoms with Gasteiger partial charge in [-0.05, 0) is 66.4 Å². The third-order valence-electron chi connectivity index (χ3n) is 5.45. The molecule has 31 heavy (non-hydrogen) atoms. The van der Waals surface area contributed by atoms with E-state index in [0.717, 1.165) is 39.1 Å². The summed E-state index contributed by atoms with van der Waals surface area (Å²) in [5, 5.41) is 3.59. The van der Waals surface area contributed by atoms with Gasteiger partial charge in [-0.1, -0.05) is 41.9 Å². The Bertz CT molecular complexity index is 1250. The zero-order valence-electron chi connectivity index (χ0n) is 17.5. The van der Waals surface area contributed by atoms with Crippen LogP contribution in [0.1, 0.15) is 28.1 Å². The second-order valence-corrected chi connectivity index (χ2v) is 8.12. The van der Waals surface area contributed by atoms with Gasteiger partial charge in [0.05, 0.1) is 11.0 Å². The summed E-state index contributed by atoms with van der Waals surface area (Å²) in [7, 11) is 0. The minimum Gasteiger partial charge on any atom is -0.350 e. The molecule has 0 atom stereocenters. The largest absolute Gasteiger partial charge is 0.350 e. The molecule has 0 saturated heterocycles. The molecular weight excluding hydrogens is 413 g/mol. The Morgan fingerprint density at radius 3 is 2.52 bits per heavy atom. The zero-order valence-corrected chi connectivity index (χ0v) is 18.2. The van der Waals surface area contributed by atoms with E-state index in [1.165, 1.54) is 12.1 Å². The maximum absolute atomic E-state index is 13.1. The van der Waals surface area contributed by atoms with E-state index >= 15 is 0 Å². The fourth-order valence-electron chi connectivity index (χ4n) is 3.56. The second-order valence-electron chi connectivity index (χ2n) is 7.71. The topological polar surface area (TPSA) is 46.9 Å². The number of carbonyl (C=O) groups excluding carboxylic acids is 1. The number of rotatable bonds is 6. The third kappa shape index (κ3) is 4.78. The van der Waals surface area contributed by atoms with Gasteiger partial charge in [-0.2, -0.15) is 0 Å². The minimum atomic E-state index is -0.296. The van der Waals surface area contributed by atoms with E-state index in [1.54, 1.807) is 12.1 Å². The standard InChI is InChI=1S/C25H23ClFN3O/c1-16-11-22-23(12-17(16)2)30(24(29-22)13-19-5-3-4-6-21(19)26)15-25(31)28-14-18-7-9-20(27)10-8-18/h3-12H,13-15H2,1-2H3,(H,28,31). The number of nitrogens with one attached hydrogen (secondary N) is 1. The second kappa shape index (κ2) is 8.90. The van der Waals surface area contributed by atoms with Crippen LogP contribution in [0.25, 0.3) is 11.0 Å². The summed E-state index contributed by atoms with van der Waals surface area (Å²) in [4.78, 5) is 17.6. The first-order chi connectivity index (χ1) is 14.9. The van der Waals surface area contributed by atoms with Crippen LogP contribution in [0.3, 0.4) is 0 Å². The van der Waals surface area contributed by atoms with Crippen molar-refractivity contribution in [1.29, 1.82) is 0 Å². The van der Waals surface area contributed by atoms with Crippen LogP contribution < -0.4 is 5.32 Å². The molecule has 4 nitrogen and oxygen atoms in total. The minimum absolute atomic E-state index is 0.137. The van der Waals surface area contributed by atoms with Crippen LogP contribution >= 0.6 is 11.6 Å². The van der Waals surface area contributed by atoms with Gasteiger partial charge in [0.2, 0.25) is 5.91 Å². The number of hydrogen-bond acceptors (Lipinski definition) is 2. The van der Waals surface area contributed by atoms with Gasteiger partial charge in [0.1, 0.15) is 18.2 Å². The van der Waals surface area contributed by atoms with Crippen LogP contribution in [0.2, 0.25) is 5.02 Å². The molecule has 0 unspecified atom stereocenters. The average molecular weight is 436 g/mol. The summed E-state index contributed by atoms with van der Waals surface area (Å²) in [6.45, 7) is 4.58. The SMILES string of the molecule is Cc1cc2nc(Cc3ccccc3Cl)n(CC(=O)NCc3ccc(F)cc3)c2cc1C. The van der Waals surface area contributed by atoms with Gasteiger partial charge in [0.25, 0.3) is 0 Å². The molecule has 158 valence electrons. The highest BCUT2D eigenvalue weighted by Crippen LogP contribution is 2.24. The Labute approximate surface area is 185 Å². The number of benzene rings is 3. The lowest BCUT2D eigenvalue weighted by atomic mass is 10.1. The predicted octanol–water partition coefficient (Wildman–Crippen LogP) is 5.35. The van der Waals surface area contributed by atoms with Crippen molar-refractivity contribution < 1.29 is 9.18 Å². The Morgan fingerprint density at radius 1 is 1.06 bits per heavy atom. The lowest BCUT2D eigenvalue weighted by Gasteiger charge is -2.11. The maximum atomic E-state index is 13.1. The highest BCUT2D eigenvalue weighted by atomic mass is 35.5. The molecule has 0 aliphatic rings. The zero-order chi connectivity index (χ0) is 22.0. The van der Waals surface area contributed by atoms with Crippen LogP contribution in [0.4, 0.5) is 4.39 Å². The summed E-state index contributed by atoms with van der Waals surface area (Å²) in [5.74, 6) is 0.349. The van der Waals surface area contributed by atoms with Crippen molar-refractivity contribution in [1.82, 2.24) is 14.9 Å². The lowest BCUT2D eigenvalue weighted by Crippen LogP contribution is -2.27. The Hall–Kier alpha value is -3.18. The van der Waals surface area contributed by atoms with Gasteiger partial charge in [0, 0.05) is 18.0 Å². The molecule has 6 heteroatoms. The molecule has 1 heterocycles.